The number of hydrogen-bond donors (Lipinski definition) is 2. The van der Waals surface area contributed by atoms with Crippen molar-refractivity contribution in [2.75, 3.05) is 6.54 Å². The van der Waals surface area contributed by atoms with E-state index < -0.39 is 7.12 Å². The number of pyridine rings is 1. The Kier molecular flexibility index (Phi) is 3.26. The van der Waals surface area contributed by atoms with Crippen LogP contribution in [0.5, 0.6) is 0 Å². The lowest BCUT2D eigenvalue weighted by atomic mass is 9.80. The number of rotatable bonds is 2. The molecule has 0 saturated carbocycles. The Morgan fingerprint density at radius 1 is 1.59 bits per heavy atom. The molecule has 2 N–H and O–H groups in total. The highest BCUT2D eigenvalue weighted by atomic mass is 16.4. The van der Waals surface area contributed by atoms with E-state index in [0.29, 0.717) is 25.0 Å². The molecule has 17 heavy (non-hydrogen) atoms. The highest BCUT2D eigenvalue weighted by Gasteiger charge is 2.22. The van der Waals surface area contributed by atoms with Gasteiger partial charge in [-0.1, -0.05) is 12.6 Å². The third kappa shape index (κ3) is 2.37. The maximum atomic E-state index is 11.5. The average Bonchev–Trinajstić information content (AvgIpc) is 2.36. The third-order valence-electron chi connectivity index (χ3n) is 2.85. The summed E-state index contributed by atoms with van der Waals surface area (Å²) in [6.45, 7) is 4.51. The number of hydrogen-bond acceptors (Lipinski definition) is 4. The van der Waals surface area contributed by atoms with Crippen molar-refractivity contribution in [3.8, 4) is 0 Å². The zero-order chi connectivity index (χ0) is 12.4. The van der Waals surface area contributed by atoms with Crippen molar-refractivity contribution in [2.24, 2.45) is 0 Å². The third-order valence-corrected chi connectivity index (χ3v) is 2.85. The Bertz CT molecular complexity index is 462. The highest BCUT2D eigenvalue weighted by Crippen LogP contribution is 2.15. The van der Waals surface area contributed by atoms with Crippen LogP contribution in [-0.2, 0) is 17.8 Å². The fourth-order valence-electron chi connectivity index (χ4n) is 1.90. The van der Waals surface area contributed by atoms with Crippen molar-refractivity contribution in [2.45, 2.75) is 13.0 Å². The smallest absolute Gasteiger partial charge is 0.423 e. The molecule has 1 aromatic rings. The normalized spacial score (nSPS) is 14.1. The number of carbonyl (C=O) groups is 1. The summed E-state index contributed by atoms with van der Waals surface area (Å²) in [4.78, 5) is 17.3. The fourth-order valence-corrected chi connectivity index (χ4v) is 1.90. The van der Waals surface area contributed by atoms with Gasteiger partial charge in [0.05, 0.1) is 0 Å². The predicted octanol–water partition coefficient (Wildman–Crippen LogP) is -1.17. The summed E-state index contributed by atoms with van der Waals surface area (Å²) >= 11 is 0. The number of carbonyl (C=O) groups excluding carboxylic acids is 1. The van der Waals surface area contributed by atoms with Crippen LogP contribution >= 0.6 is 0 Å². The second kappa shape index (κ2) is 4.69. The van der Waals surface area contributed by atoms with E-state index in [9.17, 15) is 4.79 Å². The van der Waals surface area contributed by atoms with Crippen LogP contribution < -0.4 is 5.46 Å². The van der Waals surface area contributed by atoms with E-state index in [2.05, 4.69) is 11.6 Å². The average molecular weight is 232 g/mol. The Balaban J connectivity index is 2.26. The molecule has 1 aliphatic rings. The molecule has 0 saturated heterocycles. The summed E-state index contributed by atoms with van der Waals surface area (Å²) in [5, 5.41) is 18.1. The van der Waals surface area contributed by atoms with Crippen LogP contribution in [-0.4, -0.2) is 39.5 Å². The number of aromatic nitrogens is 1. The van der Waals surface area contributed by atoms with Gasteiger partial charge in [-0.25, -0.2) is 0 Å². The van der Waals surface area contributed by atoms with Crippen LogP contribution in [0.3, 0.4) is 0 Å². The topological polar surface area (TPSA) is 73.7 Å². The largest absolute Gasteiger partial charge is 0.490 e. The van der Waals surface area contributed by atoms with Gasteiger partial charge in [0.2, 0.25) is 5.91 Å². The Morgan fingerprint density at radius 3 is 3.00 bits per heavy atom. The standard InChI is InChI=1S/C11H13BN2O3/c1-2-11(15)14-4-3-10-8(7-14)5-9(6-13-10)12(16)17/h2,5-6,16-17H,1,3-4,7H2. The first-order chi connectivity index (χ1) is 8.11. The summed E-state index contributed by atoms with van der Waals surface area (Å²) < 4.78 is 0. The van der Waals surface area contributed by atoms with Crippen LogP contribution in [0.2, 0.25) is 0 Å². The summed E-state index contributed by atoms with van der Waals surface area (Å²) in [6.07, 6.45) is 3.41. The molecule has 6 heteroatoms. The van der Waals surface area contributed by atoms with Gasteiger partial charge in [0.1, 0.15) is 0 Å². The Labute approximate surface area is 99.5 Å². The molecule has 0 unspecified atom stereocenters. The van der Waals surface area contributed by atoms with Gasteiger partial charge in [-0.3, -0.25) is 9.78 Å². The van der Waals surface area contributed by atoms with Crippen LogP contribution in [0, 0.1) is 0 Å². The molecule has 5 nitrogen and oxygen atoms in total. The van der Waals surface area contributed by atoms with Crippen molar-refractivity contribution < 1.29 is 14.8 Å². The molecule has 0 fully saturated rings. The molecule has 0 aliphatic carbocycles. The van der Waals surface area contributed by atoms with Crippen molar-refractivity contribution in [1.29, 1.82) is 0 Å². The molecule has 0 radical (unpaired) electrons. The number of amides is 1. The Hall–Kier alpha value is -1.66. The van der Waals surface area contributed by atoms with E-state index in [4.69, 9.17) is 10.0 Å². The van der Waals surface area contributed by atoms with E-state index in [1.807, 2.05) is 0 Å². The van der Waals surface area contributed by atoms with Crippen molar-refractivity contribution in [3.63, 3.8) is 0 Å². The first-order valence-corrected chi connectivity index (χ1v) is 5.37. The van der Waals surface area contributed by atoms with Gasteiger partial charge < -0.3 is 14.9 Å². The minimum atomic E-state index is -1.53. The molecular formula is C11H13BN2O3. The SMILES string of the molecule is C=CC(=O)N1CCc2ncc(B(O)O)cc2C1. The first-order valence-electron chi connectivity index (χ1n) is 5.37. The van der Waals surface area contributed by atoms with E-state index >= 15 is 0 Å². The number of fused-ring (bicyclic) bond motifs is 1. The molecule has 2 heterocycles. The molecule has 2 rings (SSSR count). The van der Waals surface area contributed by atoms with E-state index in [-0.39, 0.29) is 5.91 Å². The summed E-state index contributed by atoms with van der Waals surface area (Å²) in [5.74, 6) is -0.120. The zero-order valence-corrected chi connectivity index (χ0v) is 9.33. The second-order valence-electron chi connectivity index (χ2n) is 3.96. The maximum Gasteiger partial charge on any atom is 0.490 e. The second-order valence-corrected chi connectivity index (χ2v) is 3.96. The highest BCUT2D eigenvalue weighted by molar-refractivity contribution is 6.58. The monoisotopic (exact) mass is 232 g/mol. The predicted molar refractivity (Wildman–Crippen MR) is 63.4 cm³/mol. The lowest BCUT2D eigenvalue weighted by Crippen LogP contribution is -2.37. The number of nitrogens with zero attached hydrogens (tertiary/aromatic N) is 2. The maximum absolute atomic E-state index is 11.5. The molecule has 88 valence electrons. The molecule has 1 amide bonds. The molecular weight excluding hydrogens is 219 g/mol. The Morgan fingerprint density at radius 2 is 2.35 bits per heavy atom. The van der Waals surface area contributed by atoms with Crippen LogP contribution in [0.4, 0.5) is 0 Å². The van der Waals surface area contributed by atoms with Crippen LogP contribution in [0.25, 0.3) is 0 Å². The summed E-state index contributed by atoms with van der Waals surface area (Å²) in [6, 6.07) is 1.68. The van der Waals surface area contributed by atoms with Crippen molar-refractivity contribution in [3.05, 3.63) is 36.2 Å². The van der Waals surface area contributed by atoms with Gasteiger partial charge in [-0.05, 0) is 11.6 Å². The zero-order valence-electron chi connectivity index (χ0n) is 9.33. The lowest BCUT2D eigenvalue weighted by molar-refractivity contribution is -0.126. The first kappa shape index (κ1) is 11.8. The molecule has 0 bridgehead atoms. The molecule has 0 atom stereocenters. The molecule has 1 aromatic heterocycles. The van der Waals surface area contributed by atoms with Crippen molar-refractivity contribution >= 4 is 18.5 Å². The minimum Gasteiger partial charge on any atom is -0.423 e. The summed E-state index contributed by atoms with van der Waals surface area (Å²) in [5.41, 5.74) is 2.11. The van der Waals surface area contributed by atoms with E-state index in [1.54, 1.807) is 11.0 Å². The molecule has 1 aliphatic heterocycles. The van der Waals surface area contributed by atoms with Crippen molar-refractivity contribution in [1.82, 2.24) is 9.88 Å². The van der Waals surface area contributed by atoms with Gasteiger partial charge >= 0.3 is 7.12 Å². The molecule has 0 aromatic carbocycles. The van der Waals surface area contributed by atoms with Gasteiger partial charge in [-0.2, -0.15) is 0 Å². The fraction of sp³-hybridized carbons (Fsp3) is 0.273. The minimum absolute atomic E-state index is 0.120. The molecule has 0 spiro atoms. The van der Waals surface area contributed by atoms with Crippen LogP contribution in [0.15, 0.2) is 24.9 Å². The lowest BCUT2D eigenvalue weighted by Gasteiger charge is -2.27. The van der Waals surface area contributed by atoms with E-state index in [1.165, 1.54) is 12.3 Å². The van der Waals surface area contributed by atoms with Gasteiger partial charge in [0, 0.05) is 36.9 Å². The quantitative estimate of drug-likeness (QED) is 0.498. The van der Waals surface area contributed by atoms with Gasteiger partial charge in [0.15, 0.2) is 0 Å². The van der Waals surface area contributed by atoms with Gasteiger partial charge in [-0.15, -0.1) is 0 Å². The van der Waals surface area contributed by atoms with Crippen LogP contribution in [0.1, 0.15) is 11.3 Å². The summed E-state index contributed by atoms with van der Waals surface area (Å²) in [7, 11) is -1.53. The van der Waals surface area contributed by atoms with Gasteiger partial charge in [0.25, 0.3) is 0 Å². The van der Waals surface area contributed by atoms with E-state index in [0.717, 1.165) is 11.3 Å².